The van der Waals surface area contributed by atoms with E-state index in [1.807, 2.05) is 24.3 Å². The lowest BCUT2D eigenvalue weighted by Crippen LogP contribution is -2.21. The van der Waals surface area contributed by atoms with Crippen LogP contribution in [0, 0.1) is 13.8 Å². The van der Waals surface area contributed by atoms with Crippen molar-refractivity contribution in [3.05, 3.63) is 82.2 Å². The van der Waals surface area contributed by atoms with Gasteiger partial charge in [0.15, 0.2) is 0 Å². The first-order chi connectivity index (χ1) is 15.9. The second-order valence-electron chi connectivity index (χ2n) is 7.07. The van der Waals surface area contributed by atoms with Crippen LogP contribution in [0.5, 0.6) is 11.5 Å². The van der Waals surface area contributed by atoms with Crippen molar-refractivity contribution in [3.8, 4) is 11.5 Å². The molecule has 0 saturated heterocycles. The molecule has 0 aliphatic rings. The molecule has 3 rings (SSSR count). The molecule has 3 N–H and O–H groups in total. The zero-order chi connectivity index (χ0) is 23.8. The topological polar surface area (TPSA) is 117 Å². The standard InChI is InChI=1S/C24H25N5O4/c1-15-21(23(30)28-25-13-17-5-9-19(32-3)10-6-17)16(2)27-22(15)24(31)29-26-14-18-7-11-20(33-4)12-8-18/h5-14,27H,1-4H3,(H,28,30)(H,29,31)/b25-13-,26-14-. The van der Waals surface area contributed by atoms with Gasteiger partial charge in [-0.25, -0.2) is 10.9 Å². The molecular formula is C24H25N5O4. The van der Waals surface area contributed by atoms with Crippen molar-refractivity contribution < 1.29 is 19.1 Å². The number of hydrogen-bond acceptors (Lipinski definition) is 6. The first-order valence-corrected chi connectivity index (χ1v) is 10.1. The van der Waals surface area contributed by atoms with Gasteiger partial charge in [-0.05, 0) is 79.1 Å². The predicted molar refractivity (Wildman–Crippen MR) is 126 cm³/mol. The van der Waals surface area contributed by atoms with Crippen molar-refractivity contribution in [3.63, 3.8) is 0 Å². The van der Waals surface area contributed by atoms with Gasteiger partial charge in [0.05, 0.1) is 32.2 Å². The van der Waals surface area contributed by atoms with Gasteiger partial charge in [-0.3, -0.25) is 9.59 Å². The molecule has 0 fully saturated rings. The fourth-order valence-corrected chi connectivity index (χ4v) is 3.14. The number of aromatic nitrogens is 1. The van der Waals surface area contributed by atoms with Crippen LogP contribution in [0.1, 0.15) is 43.2 Å². The summed E-state index contributed by atoms with van der Waals surface area (Å²) in [5, 5.41) is 7.97. The van der Waals surface area contributed by atoms with E-state index in [9.17, 15) is 9.59 Å². The molecule has 0 saturated carbocycles. The lowest BCUT2D eigenvalue weighted by molar-refractivity contribution is 0.0948. The first-order valence-electron chi connectivity index (χ1n) is 10.1. The minimum Gasteiger partial charge on any atom is -0.497 e. The summed E-state index contributed by atoms with van der Waals surface area (Å²) in [5.74, 6) is 0.578. The van der Waals surface area contributed by atoms with Crippen LogP contribution in [0.3, 0.4) is 0 Å². The normalized spacial score (nSPS) is 11.0. The molecule has 0 spiro atoms. The number of benzene rings is 2. The number of hydrogen-bond donors (Lipinski definition) is 3. The predicted octanol–water partition coefficient (Wildman–Crippen LogP) is 3.18. The summed E-state index contributed by atoms with van der Waals surface area (Å²) in [5.41, 5.74) is 8.21. The highest BCUT2D eigenvalue weighted by atomic mass is 16.5. The summed E-state index contributed by atoms with van der Waals surface area (Å²) in [6.45, 7) is 3.40. The fourth-order valence-electron chi connectivity index (χ4n) is 3.14. The van der Waals surface area contributed by atoms with Crippen LogP contribution >= 0.6 is 0 Å². The molecule has 0 atom stereocenters. The van der Waals surface area contributed by atoms with Gasteiger partial charge in [-0.2, -0.15) is 10.2 Å². The molecule has 0 aliphatic heterocycles. The van der Waals surface area contributed by atoms with E-state index < -0.39 is 11.8 Å². The monoisotopic (exact) mass is 447 g/mol. The van der Waals surface area contributed by atoms with E-state index >= 15 is 0 Å². The number of nitrogens with zero attached hydrogens (tertiary/aromatic N) is 2. The van der Waals surface area contributed by atoms with E-state index in [1.165, 1.54) is 12.4 Å². The Morgan fingerprint density at radius 2 is 1.24 bits per heavy atom. The molecule has 9 heteroatoms. The molecule has 0 unspecified atom stereocenters. The quantitative estimate of drug-likeness (QED) is 0.363. The fraction of sp³-hybridized carbons (Fsp3) is 0.167. The Hall–Kier alpha value is -4.40. The lowest BCUT2D eigenvalue weighted by Gasteiger charge is -2.02. The highest BCUT2D eigenvalue weighted by Gasteiger charge is 2.21. The highest BCUT2D eigenvalue weighted by Crippen LogP contribution is 2.18. The molecule has 9 nitrogen and oxygen atoms in total. The third kappa shape index (κ3) is 5.85. The Balaban J connectivity index is 1.63. The van der Waals surface area contributed by atoms with Crippen molar-refractivity contribution >= 4 is 24.2 Å². The third-order valence-corrected chi connectivity index (χ3v) is 4.88. The average Bonchev–Trinajstić information content (AvgIpc) is 3.13. The van der Waals surface area contributed by atoms with Crippen LogP contribution in [0.4, 0.5) is 0 Å². The third-order valence-electron chi connectivity index (χ3n) is 4.88. The van der Waals surface area contributed by atoms with Crippen LogP contribution in [-0.2, 0) is 0 Å². The average molecular weight is 447 g/mol. The first kappa shape index (κ1) is 23.3. The Morgan fingerprint density at radius 3 is 1.70 bits per heavy atom. The second-order valence-corrected chi connectivity index (χ2v) is 7.07. The van der Waals surface area contributed by atoms with Crippen LogP contribution in [0.2, 0.25) is 0 Å². The van der Waals surface area contributed by atoms with Gasteiger partial charge in [0, 0.05) is 5.69 Å². The molecule has 0 aliphatic carbocycles. The number of aryl methyl sites for hydroxylation is 1. The molecule has 3 aromatic rings. The largest absolute Gasteiger partial charge is 0.497 e. The van der Waals surface area contributed by atoms with E-state index in [2.05, 4.69) is 26.0 Å². The number of rotatable bonds is 8. The number of carbonyl (C=O) groups is 2. The number of H-pyrrole nitrogens is 1. The van der Waals surface area contributed by atoms with Gasteiger partial charge in [0.25, 0.3) is 11.8 Å². The molecule has 2 amide bonds. The molecule has 33 heavy (non-hydrogen) atoms. The summed E-state index contributed by atoms with van der Waals surface area (Å²) in [7, 11) is 3.18. The molecule has 0 bridgehead atoms. The number of hydrazone groups is 2. The van der Waals surface area contributed by atoms with Gasteiger partial charge in [0.1, 0.15) is 17.2 Å². The number of aromatic amines is 1. The van der Waals surface area contributed by atoms with E-state index in [0.29, 0.717) is 16.8 Å². The molecule has 2 aromatic carbocycles. The van der Waals surface area contributed by atoms with E-state index in [1.54, 1.807) is 52.3 Å². The van der Waals surface area contributed by atoms with Crippen molar-refractivity contribution in [2.75, 3.05) is 14.2 Å². The van der Waals surface area contributed by atoms with Crippen molar-refractivity contribution in [2.45, 2.75) is 13.8 Å². The van der Waals surface area contributed by atoms with Crippen LogP contribution in [-0.4, -0.2) is 43.4 Å². The van der Waals surface area contributed by atoms with Gasteiger partial charge >= 0.3 is 0 Å². The number of amides is 2. The number of carbonyl (C=O) groups excluding carboxylic acids is 2. The van der Waals surface area contributed by atoms with Gasteiger partial charge in [0.2, 0.25) is 0 Å². The Morgan fingerprint density at radius 1 is 0.788 bits per heavy atom. The number of methoxy groups -OCH3 is 2. The minimum atomic E-state index is -0.457. The molecule has 0 radical (unpaired) electrons. The zero-order valence-electron chi connectivity index (χ0n) is 18.8. The summed E-state index contributed by atoms with van der Waals surface area (Å²) in [6, 6.07) is 14.4. The molecule has 1 aromatic heterocycles. The Kier molecular flexibility index (Phi) is 7.59. The summed E-state index contributed by atoms with van der Waals surface area (Å²) in [4.78, 5) is 28.1. The molecule has 170 valence electrons. The molecular weight excluding hydrogens is 422 g/mol. The van der Waals surface area contributed by atoms with Crippen LogP contribution < -0.4 is 20.3 Å². The Bertz CT molecular complexity index is 1180. The van der Waals surface area contributed by atoms with E-state index in [0.717, 1.165) is 22.6 Å². The van der Waals surface area contributed by atoms with Crippen molar-refractivity contribution in [1.29, 1.82) is 0 Å². The summed E-state index contributed by atoms with van der Waals surface area (Å²) < 4.78 is 10.2. The van der Waals surface area contributed by atoms with Crippen molar-refractivity contribution in [1.82, 2.24) is 15.8 Å². The summed E-state index contributed by atoms with van der Waals surface area (Å²) in [6.07, 6.45) is 3.04. The van der Waals surface area contributed by atoms with Gasteiger partial charge in [-0.1, -0.05) is 0 Å². The van der Waals surface area contributed by atoms with Crippen LogP contribution in [0.15, 0.2) is 58.7 Å². The minimum absolute atomic E-state index is 0.253. The maximum Gasteiger partial charge on any atom is 0.288 e. The highest BCUT2D eigenvalue weighted by molar-refractivity contribution is 6.03. The number of ether oxygens (including phenoxy) is 2. The van der Waals surface area contributed by atoms with Gasteiger partial charge < -0.3 is 14.5 Å². The maximum absolute atomic E-state index is 12.6. The lowest BCUT2D eigenvalue weighted by atomic mass is 10.1. The second kappa shape index (κ2) is 10.8. The SMILES string of the molecule is COc1ccc(/C=N\NC(=O)c2[nH]c(C)c(C(=O)N/N=C\c3ccc(OC)cc3)c2C)cc1. The number of nitrogens with one attached hydrogen (secondary N) is 3. The van der Waals surface area contributed by atoms with E-state index in [-0.39, 0.29) is 5.69 Å². The smallest absolute Gasteiger partial charge is 0.288 e. The van der Waals surface area contributed by atoms with E-state index in [4.69, 9.17) is 9.47 Å². The Labute approximate surface area is 191 Å². The van der Waals surface area contributed by atoms with Crippen LogP contribution in [0.25, 0.3) is 0 Å². The van der Waals surface area contributed by atoms with Crippen molar-refractivity contribution in [2.24, 2.45) is 10.2 Å². The molecule has 1 heterocycles. The van der Waals surface area contributed by atoms with Gasteiger partial charge in [-0.15, -0.1) is 0 Å². The zero-order valence-corrected chi connectivity index (χ0v) is 18.8. The summed E-state index contributed by atoms with van der Waals surface area (Å²) >= 11 is 0. The maximum atomic E-state index is 12.6.